The van der Waals surface area contributed by atoms with Gasteiger partial charge in [0.1, 0.15) is 12.0 Å². The number of rotatable bonds is 8. The molecular formula is C18H34N6O3S. The molecule has 0 atom stereocenters. The highest BCUT2D eigenvalue weighted by molar-refractivity contribution is 7.88. The smallest absolute Gasteiger partial charge is 0.220 e. The van der Waals surface area contributed by atoms with E-state index in [0.717, 1.165) is 19.0 Å². The number of aliphatic imine (C=N–C) groups is 1. The minimum atomic E-state index is -3.39. The summed E-state index contributed by atoms with van der Waals surface area (Å²) in [5, 5.41) is 7.11. The molecule has 0 amide bonds. The van der Waals surface area contributed by atoms with Gasteiger partial charge in [0.2, 0.25) is 10.0 Å². The average molecular weight is 415 g/mol. The summed E-state index contributed by atoms with van der Waals surface area (Å²) >= 11 is 0. The molecule has 10 heteroatoms. The second-order valence-electron chi connectivity index (χ2n) is 7.53. The predicted octanol–water partition coefficient (Wildman–Crippen LogP) is 0.816. The molecule has 1 fully saturated rings. The molecule has 1 aromatic rings. The van der Waals surface area contributed by atoms with Crippen LogP contribution in [0.4, 0.5) is 0 Å². The zero-order valence-electron chi connectivity index (χ0n) is 17.6. The molecule has 0 saturated carbocycles. The fourth-order valence-corrected chi connectivity index (χ4v) is 4.93. The molecule has 1 N–H and O–H groups in total. The molecule has 1 aliphatic rings. The van der Waals surface area contributed by atoms with Crippen LogP contribution in [0.2, 0.25) is 0 Å². The molecule has 28 heavy (non-hydrogen) atoms. The van der Waals surface area contributed by atoms with Gasteiger partial charge in [0.15, 0.2) is 5.96 Å². The van der Waals surface area contributed by atoms with Crippen LogP contribution in [0.3, 0.4) is 0 Å². The third kappa shape index (κ3) is 6.18. The van der Waals surface area contributed by atoms with Crippen LogP contribution in [0.25, 0.3) is 0 Å². The van der Waals surface area contributed by atoms with Gasteiger partial charge in [0, 0.05) is 64.5 Å². The first-order valence-corrected chi connectivity index (χ1v) is 11.4. The summed E-state index contributed by atoms with van der Waals surface area (Å²) in [5.74, 6) is 0.692. The van der Waals surface area contributed by atoms with Crippen molar-refractivity contribution >= 4 is 16.0 Å². The number of nitrogens with zero attached hydrogens (tertiary/aromatic N) is 5. The standard InChI is InChI=1S/C18H34N6O3S/c1-15(2)24(16(3)4)8-7-20-18(19-5)22-9-11-23(12-10-22)28(25,26)14-17-6-13-27-21-17/h6,13,15-16H,7-12,14H2,1-5H3,(H,19,20). The summed E-state index contributed by atoms with van der Waals surface area (Å²) in [6, 6.07) is 2.56. The molecule has 0 aliphatic carbocycles. The SMILES string of the molecule is CN=C(NCCN(C(C)C)C(C)C)N1CCN(S(=O)(=O)Cc2ccon2)CC1. The summed E-state index contributed by atoms with van der Waals surface area (Å²) in [5.41, 5.74) is 0.430. The number of hydrogen-bond acceptors (Lipinski definition) is 6. The summed E-state index contributed by atoms with van der Waals surface area (Å²) in [6.07, 6.45) is 1.39. The van der Waals surface area contributed by atoms with E-state index in [0.29, 0.717) is 44.0 Å². The summed E-state index contributed by atoms with van der Waals surface area (Å²) in [7, 11) is -1.63. The van der Waals surface area contributed by atoms with E-state index in [1.165, 1.54) is 10.6 Å². The van der Waals surface area contributed by atoms with Crippen molar-refractivity contribution in [3.63, 3.8) is 0 Å². The van der Waals surface area contributed by atoms with Crippen molar-refractivity contribution in [2.75, 3.05) is 46.3 Å². The molecule has 2 rings (SSSR count). The minimum Gasteiger partial charge on any atom is -0.364 e. The van der Waals surface area contributed by atoms with Crippen molar-refractivity contribution in [3.05, 3.63) is 18.0 Å². The fraction of sp³-hybridized carbons (Fsp3) is 0.778. The van der Waals surface area contributed by atoms with Crippen molar-refractivity contribution in [2.24, 2.45) is 4.99 Å². The lowest BCUT2D eigenvalue weighted by molar-refractivity contribution is 0.177. The van der Waals surface area contributed by atoms with Crippen LogP contribution in [0, 0.1) is 0 Å². The van der Waals surface area contributed by atoms with Gasteiger partial charge in [-0.2, -0.15) is 4.31 Å². The van der Waals surface area contributed by atoms with Crippen LogP contribution in [-0.2, 0) is 15.8 Å². The average Bonchev–Trinajstić information content (AvgIpc) is 3.13. The molecule has 1 saturated heterocycles. The number of aromatic nitrogens is 1. The number of piperazine rings is 1. The monoisotopic (exact) mass is 414 g/mol. The van der Waals surface area contributed by atoms with E-state index in [4.69, 9.17) is 4.52 Å². The van der Waals surface area contributed by atoms with Crippen molar-refractivity contribution < 1.29 is 12.9 Å². The van der Waals surface area contributed by atoms with E-state index >= 15 is 0 Å². The van der Waals surface area contributed by atoms with Crippen molar-refractivity contribution in [1.82, 2.24) is 24.6 Å². The highest BCUT2D eigenvalue weighted by Crippen LogP contribution is 2.13. The van der Waals surface area contributed by atoms with Gasteiger partial charge in [-0.25, -0.2) is 8.42 Å². The lowest BCUT2D eigenvalue weighted by Gasteiger charge is -2.36. The molecule has 9 nitrogen and oxygen atoms in total. The second kappa shape index (κ2) is 10.2. The van der Waals surface area contributed by atoms with Gasteiger partial charge >= 0.3 is 0 Å². The Bertz CT molecular complexity index is 702. The van der Waals surface area contributed by atoms with Crippen molar-refractivity contribution in [2.45, 2.75) is 45.5 Å². The van der Waals surface area contributed by atoms with Crippen LogP contribution in [0.5, 0.6) is 0 Å². The molecule has 1 aromatic heterocycles. The molecule has 0 spiro atoms. The lowest BCUT2D eigenvalue weighted by Crippen LogP contribution is -2.54. The van der Waals surface area contributed by atoms with Gasteiger partial charge in [-0.15, -0.1) is 0 Å². The zero-order valence-corrected chi connectivity index (χ0v) is 18.4. The number of hydrogen-bond donors (Lipinski definition) is 1. The van der Waals surface area contributed by atoms with Gasteiger partial charge in [0.25, 0.3) is 0 Å². The summed E-state index contributed by atoms with van der Waals surface area (Å²) in [4.78, 5) is 8.90. The van der Waals surface area contributed by atoms with Crippen LogP contribution in [0.1, 0.15) is 33.4 Å². The van der Waals surface area contributed by atoms with Crippen molar-refractivity contribution in [3.8, 4) is 0 Å². The normalized spacial score (nSPS) is 17.1. The summed E-state index contributed by atoms with van der Waals surface area (Å²) in [6.45, 7) is 12.6. The lowest BCUT2D eigenvalue weighted by atomic mass is 10.2. The molecule has 0 bridgehead atoms. The van der Waals surface area contributed by atoms with E-state index in [1.54, 1.807) is 13.1 Å². The molecule has 2 heterocycles. The Kier molecular flexibility index (Phi) is 8.26. The fourth-order valence-electron chi connectivity index (χ4n) is 3.51. The van der Waals surface area contributed by atoms with E-state index in [1.807, 2.05) is 0 Å². The molecule has 0 radical (unpaired) electrons. The molecular weight excluding hydrogens is 380 g/mol. The first kappa shape index (κ1) is 22.6. The number of guanidine groups is 1. The van der Waals surface area contributed by atoms with Gasteiger partial charge in [-0.05, 0) is 27.7 Å². The second-order valence-corrected chi connectivity index (χ2v) is 9.50. The Morgan fingerprint density at radius 1 is 1.25 bits per heavy atom. The maximum atomic E-state index is 12.5. The molecule has 160 valence electrons. The van der Waals surface area contributed by atoms with Gasteiger partial charge in [-0.3, -0.25) is 9.89 Å². The van der Waals surface area contributed by atoms with Crippen LogP contribution in [0.15, 0.2) is 21.8 Å². The Morgan fingerprint density at radius 3 is 2.39 bits per heavy atom. The Labute approximate surface area is 168 Å². The Hall–Kier alpha value is -1.65. The van der Waals surface area contributed by atoms with E-state index in [9.17, 15) is 8.42 Å². The van der Waals surface area contributed by atoms with Crippen LogP contribution in [-0.4, -0.2) is 92.0 Å². The highest BCUT2D eigenvalue weighted by atomic mass is 32.2. The highest BCUT2D eigenvalue weighted by Gasteiger charge is 2.29. The quantitative estimate of drug-likeness (QED) is 0.497. The predicted molar refractivity (Wildman–Crippen MR) is 111 cm³/mol. The van der Waals surface area contributed by atoms with Crippen molar-refractivity contribution in [1.29, 1.82) is 0 Å². The zero-order chi connectivity index (χ0) is 20.7. The van der Waals surface area contributed by atoms with Gasteiger partial charge in [-0.1, -0.05) is 5.16 Å². The summed E-state index contributed by atoms with van der Waals surface area (Å²) < 4.78 is 31.3. The Balaban J connectivity index is 1.83. The first-order valence-electron chi connectivity index (χ1n) is 9.83. The maximum absolute atomic E-state index is 12.5. The first-order chi connectivity index (χ1) is 13.2. The molecule has 1 aliphatic heterocycles. The molecule has 0 aromatic carbocycles. The topological polar surface area (TPSA) is 94.3 Å². The largest absolute Gasteiger partial charge is 0.364 e. The number of sulfonamides is 1. The van der Waals surface area contributed by atoms with E-state index in [-0.39, 0.29) is 5.75 Å². The number of nitrogens with one attached hydrogen (secondary N) is 1. The minimum absolute atomic E-state index is 0.128. The van der Waals surface area contributed by atoms with E-state index < -0.39 is 10.0 Å². The molecule has 0 unspecified atom stereocenters. The third-order valence-electron chi connectivity index (χ3n) is 4.94. The van der Waals surface area contributed by atoms with Gasteiger partial charge in [0.05, 0.1) is 5.69 Å². The van der Waals surface area contributed by atoms with E-state index in [2.05, 4.69) is 53.0 Å². The van der Waals surface area contributed by atoms with Crippen LogP contribution >= 0.6 is 0 Å². The maximum Gasteiger partial charge on any atom is 0.220 e. The van der Waals surface area contributed by atoms with Crippen LogP contribution < -0.4 is 5.32 Å². The Morgan fingerprint density at radius 2 is 1.89 bits per heavy atom. The van der Waals surface area contributed by atoms with Gasteiger partial charge < -0.3 is 14.7 Å². The third-order valence-corrected chi connectivity index (χ3v) is 6.76.